The van der Waals surface area contributed by atoms with Crippen molar-refractivity contribution in [2.45, 2.75) is 71.6 Å². The summed E-state index contributed by atoms with van der Waals surface area (Å²) in [4.78, 5) is 30.4. The highest BCUT2D eigenvalue weighted by atomic mass is 35.5. The van der Waals surface area contributed by atoms with Gasteiger partial charge in [-0.1, -0.05) is 23.3 Å². The number of carbonyl (C=O) groups is 2. The number of allylic oxidation sites excluding steroid dienone is 3. The molecule has 1 aromatic rings. The van der Waals surface area contributed by atoms with Crippen molar-refractivity contribution in [3.8, 4) is 11.5 Å². The van der Waals surface area contributed by atoms with Crippen molar-refractivity contribution >= 4 is 23.3 Å². The fourth-order valence-electron chi connectivity index (χ4n) is 6.24. The van der Waals surface area contributed by atoms with Crippen molar-refractivity contribution in [1.29, 1.82) is 0 Å². The maximum absolute atomic E-state index is 13.7. The van der Waals surface area contributed by atoms with E-state index in [1.165, 1.54) is 0 Å². The predicted molar refractivity (Wildman–Crippen MR) is 136 cm³/mol. The van der Waals surface area contributed by atoms with Gasteiger partial charge in [-0.3, -0.25) is 9.59 Å². The summed E-state index contributed by atoms with van der Waals surface area (Å²) in [5.74, 6) is 0.604. The third-order valence-corrected chi connectivity index (χ3v) is 8.77. The van der Waals surface area contributed by atoms with Crippen molar-refractivity contribution in [3.05, 3.63) is 44.5 Å². The summed E-state index contributed by atoms with van der Waals surface area (Å²) >= 11 is 6.87. The van der Waals surface area contributed by atoms with Crippen LogP contribution in [0.4, 0.5) is 0 Å². The van der Waals surface area contributed by atoms with Crippen LogP contribution in [-0.4, -0.2) is 60.5 Å². The topological polar surface area (TPSA) is 59.1 Å². The molecule has 188 valence electrons. The van der Waals surface area contributed by atoms with E-state index in [0.717, 1.165) is 47.1 Å². The molecule has 7 heteroatoms. The first-order chi connectivity index (χ1) is 16.5. The average molecular weight is 499 g/mol. The molecular formula is C28H35ClN2O4. The maximum atomic E-state index is 13.7. The van der Waals surface area contributed by atoms with Gasteiger partial charge in [0.15, 0.2) is 17.3 Å². The van der Waals surface area contributed by atoms with Crippen LogP contribution in [0.3, 0.4) is 0 Å². The van der Waals surface area contributed by atoms with Crippen LogP contribution >= 0.6 is 11.6 Å². The molecule has 1 aromatic carbocycles. The molecule has 0 N–H and O–H groups in total. The second-order valence-corrected chi connectivity index (χ2v) is 11.4. The smallest absolute Gasteiger partial charge is 0.254 e. The highest BCUT2D eigenvalue weighted by molar-refractivity contribution is 6.34. The van der Waals surface area contributed by atoms with Gasteiger partial charge in [0.2, 0.25) is 0 Å². The minimum Gasteiger partial charge on any atom is -0.448 e. The van der Waals surface area contributed by atoms with E-state index in [0.29, 0.717) is 54.1 Å². The highest BCUT2D eigenvalue weighted by Gasteiger charge is 2.50. The van der Waals surface area contributed by atoms with E-state index in [-0.39, 0.29) is 17.6 Å². The van der Waals surface area contributed by atoms with Crippen LogP contribution in [0.1, 0.15) is 67.9 Å². The van der Waals surface area contributed by atoms with Gasteiger partial charge in [0, 0.05) is 49.5 Å². The zero-order valence-corrected chi connectivity index (χ0v) is 22.3. The third-order valence-electron chi connectivity index (χ3n) is 8.37. The minimum absolute atomic E-state index is 0.0985. The Kier molecular flexibility index (Phi) is 6.04. The van der Waals surface area contributed by atoms with Gasteiger partial charge < -0.3 is 19.3 Å². The Morgan fingerprint density at radius 3 is 2.51 bits per heavy atom. The predicted octanol–water partition coefficient (Wildman–Crippen LogP) is 5.10. The van der Waals surface area contributed by atoms with Crippen LogP contribution in [0.2, 0.25) is 5.02 Å². The molecule has 1 saturated carbocycles. The van der Waals surface area contributed by atoms with Crippen molar-refractivity contribution < 1.29 is 19.1 Å². The molecule has 0 aromatic heterocycles. The molecule has 2 heterocycles. The number of fused-ring (bicyclic) bond motifs is 2. The highest BCUT2D eigenvalue weighted by Crippen LogP contribution is 2.54. The fraction of sp³-hybridized carbons (Fsp3) is 0.571. The number of hydrogen-bond donors (Lipinski definition) is 0. The van der Waals surface area contributed by atoms with Gasteiger partial charge in [0.05, 0.1) is 10.6 Å². The lowest BCUT2D eigenvalue weighted by Gasteiger charge is -2.32. The Morgan fingerprint density at radius 2 is 1.86 bits per heavy atom. The van der Waals surface area contributed by atoms with Crippen molar-refractivity contribution in [2.24, 2.45) is 5.92 Å². The van der Waals surface area contributed by atoms with Gasteiger partial charge in [-0.05, 0) is 71.7 Å². The van der Waals surface area contributed by atoms with Crippen LogP contribution in [-0.2, 0) is 11.2 Å². The van der Waals surface area contributed by atoms with E-state index >= 15 is 0 Å². The number of hydrogen-bond acceptors (Lipinski definition) is 5. The molecular weight excluding hydrogens is 464 g/mol. The van der Waals surface area contributed by atoms with E-state index in [1.807, 2.05) is 33.8 Å². The van der Waals surface area contributed by atoms with Gasteiger partial charge in [0.1, 0.15) is 0 Å². The molecule has 2 aliphatic heterocycles. The molecule has 1 fully saturated rings. The van der Waals surface area contributed by atoms with Crippen molar-refractivity contribution in [1.82, 2.24) is 9.80 Å². The Hall–Kier alpha value is -2.31. The molecule has 35 heavy (non-hydrogen) atoms. The molecule has 0 saturated heterocycles. The number of rotatable bonds is 4. The lowest BCUT2D eigenvalue weighted by molar-refractivity contribution is -0.115. The molecule has 0 spiro atoms. The molecule has 3 atom stereocenters. The summed E-state index contributed by atoms with van der Waals surface area (Å²) in [6.45, 7) is 8.67. The summed E-state index contributed by atoms with van der Waals surface area (Å²) in [5, 5.41) is 0.488. The van der Waals surface area contributed by atoms with Crippen molar-refractivity contribution in [3.63, 3.8) is 0 Å². The number of carbonyl (C=O) groups excluding carboxylic acids is 2. The van der Waals surface area contributed by atoms with Crippen molar-refractivity contribution in [2.75, 3.05) is 27.2 Å². The molecule has 1 amide bonds. The Balaban J connectivity index is 1.44. The maximum Gasteiger partial charge on any atom is 0.254 e. The summed E-state index contributed by atoms with van der Waals surface area (Å²) in [6.07, 6.45) is 6.21. The molecule has 5 rings (SSSR count). The summed E-state index contributed by atoms with van der Waals surface area (Å²) < 4.78 is 12.9. The zero-order valence-electron chi connectivity index (χ0n) is 21.6. The number of ketones is 1. The lowest BCUT2D eigenvalue weighted by atomic mass is 9.90. The van der Waals surface area contributed by atoms with Crippen LogP contribution in [0.25, 0.3) is 0 Å². The van der Waals surface area contributed by atoms with Gasteiger partial charge >= 0.3 is 0 Å². The van der Waals surface area contributed by atoms with E-state index in [1.54, 1.807) is 4.90 Å². The van der Waals surface area contributed by atoms with Crippen LogP contribution in [0, 0.1) is 12.8 Å². The molecule has 1 unspecified atom stereocenters. The quantitative estimate of drug-likeness (QED) is 0.578. The van der Waals surface area contributed by atoms with Gasteiger partial charge in [-0.15, -0.1) is 0 Å². The number of amides is 1. The second-order valence-electron chi connectivity index (χ2n) is 11.0. The first-order valence-electron chi connectivity index (χ1n) is 12.6. The summed E-state index contributed by atoms with van der Waals surface area (Å²) in [5.41, 5.74) is 4.92. The first-order valence-corrected chi connectivity index (χ1v) is 13.0. The molecule has 2 aliphatic carbocycles. The van der Waals surface area contributed by atoms with E-state index in [4.69, 9.17) is 21.1 Å². The fourth-order valence-corrected chi connectivity index (χ4v) is 6.55. The molecule has 4 aliphatic rings. The largest absolute Gasteiger partial charge is 0.448 e. The molecule has 0 radical (unpaired) electrons. The van der Waals surface area contributed by atoms with Crippen LogP contribution in [0.5, 0.6) is 11.5 Å². The summed E-state index contributed by atoms with van der Waals surface area (Å²) in [7, 11) is 4.23. The second kappa shape index (κ2) is 8.67. The summed E-state index contributed by atoms with van der Waals surface area (Å²) in [6, 6.07) is 0.506. The normalized spacial score (nSPS) is 28.2. The monoisotopic (exact) mass is 498 g/mol. The minimum atomic E-state index is -0.797. The number of benzene rings is 1. The Bertz CT molecular complexity index is 1180. The Morgan fingerprint density at radius 1 is 1.14 bits per heavy atom. The van der Waals surface area contributed by atoms with Gasteiger partial charge in [0.25, 0.3) is 11.7 Å². The standard InChI is InChI=1S/C28H35ClN2O4/c1-15-11-16(2)21(22(32)12-15)14-31-10-9-20-23(27(31)33)17(3)25-26(24(20)29)35-28(4,34-25)18-7-8-19(13-18)30(5)6/h11,18-19H,7-10,12-14H2,1-6H3/t18-,19+,28?/m1/s1. The lowest BCUT2D eigenvalue weighted by Crippen LogP contribution is -2.43. The average Bonchev–Trinajstić information content (AvgIpc) is 3.42. The molecule has 6 nitrogen and oxygen atoms in total. The number of nitrogens with zero attached hydrogens (tertiary/aromatic N) is 2. The van der Waals surface area contributed by atoms with Crippen LogP contribution < -0.4 is 9.47 Å². The zero-order chi connectivity index (χ0) is 25.2. The SMILES string of the molecule is CC1=CC(C)=C(CN2CCc3c(Cl)c4c(c(C)c3C2=O)OC(C)([C@@H]2CC[C@H](N(C)C)C2)O4)C(=O)C1. The van der Waals surface area contributed by atoms with E-state index in [9.17, 15) is 9.59 Å². The third kappa shape index (κ3) is 3.99. The van der Waals surface area contributed by atoms with E-state index < -0.39 is 5.79 Å². The van der Waals surface area contributed by atoms with E-state index in [2.05, 4.69) is 19.0 Å². The number of Topliss-reactive ketones (excluding diaryl/α,β-unsaturated/α-hetero) is 1. The first kappa shape index (κ1) is 24.4. The number of ether oxygens (including phenoxy) is 2. The van der Waals surface area contributed by atoms with Gasteiger partial charge in [-0.2, -0.15) is 0 Å². The molecule has 0 bridgehead atoms. The van der Waals surface area contributed by atoms with Crippen LogP contribution in [0.15, 0.2) is 22.8 Å². The number of halogens is 1. The Labute approximate surface area is 212 Å². The van der Waals surface area contributed by atoms with Gasteiger partial charge in [-0.25, -0.2) is 0 Å².